The predicted octanol–water partition coefficient (Wildman–Crippen LogP) is -0.406. The molecule has 0 aliphatic rings. The van der Waals surface area contributed by atoms with E-state index in [4.69, 9.17) is 11.5 Å². The first-order valence-corrected chi connectivity index (χ1v) is 6.70. The Labute approximate surface area is 100 Å². The second kappa shape index (κ2) is 4.62. The number of carbonyl (C=O) groups excluding carboxylic acids is 1. The van der Waals surface area contributed by atoms with Crippen LogP contribution in [0.2, 0.25) is 0 Å². The lowest BCUT2D eigenvalue weighted by molar-refractivity contribution is -0.116. The van der Waals surface area contributed by atoms with Crippen LogP contribution in [-0.2, 0) is 14.6 Å². The van der Waals surface area contributed by atoms with E-state index in [0.29, 0.717) is 5.69 Å². The zero-order chi connectivity index (χ0) is 13.2. The molecule has 0 aliphatic carbocycles. The minimum absolute atomic E-state index is 0.0303. The number of nitrogens with zero attached hydrogens (tertiary/aromatic N) is 1. The summed E-state index contributed by atoms with van der Waals surface area (Å²) >= 11 is 0. The molecule has 0 unspecified atom stereocenters. The first kappa shape index (κ1) is 13.3. The molecule has 0 spiro atoms. The summed E-state index contributed by atoms with van der Waals surface area (Å²) in [6.45, 7) is -0.0303. The topological polar surface area (TPSA) is 106 Å². The molecule has 1 amide bonds. The Balaban J connectivity index is 3.24. The van der Waals surface area contributed by atoms with E-state index in [1.54, 1.807) is 19.2 Å². The van der Waals surface area contributed by atoms with Gasteiger partial charge in [0, 0.05) is 13.3 Å². The van der Waals surface area contributed by atoms with E-state index in [1.165, 1.54) is 11.0 Å². The zero-order valence-corrected chi connectivity index (χ0v) is 10.5. The number of rotatable bonds is 4. The average molecular weight is 257 g/mol. The zero-order valence-electron chi connectivity index (χ0n) is 9.67. The van der Waals surface area contributed by atoms with Crippen molar-refractivity contribution in [1.82, 2.24) is 0 Å². The highest BCUT2D eigenvalue weighted by Gasteiger charge is 2.16. The summed E-state index contributed by atoms with van der Waals surface area (Å²) in [6.07, 6.45) is 1.08. The van der Waals surface area contributed by atoms with Gasteiger partial charge in [-0.15, -0.1) is 0 Å². The molecule has 0 heterocycles. The van der Waals surface area contributed by atoms with Gasteiger partial charge in [0.05, 0.1) is 22.8 Å². The number of amides is 1. The first-order chi connectivity index (χ1) is 7.73. The maximum absolute atomic E-state index is 11.5. The summed E-state index contributed by atoms with van der Waals surface area (Å²) in [4.78, 5) is 12.4. The highest BCUT2D eigenvalue weighted by molar-refractivity contribution is 7.90. The summed E-state index contributed by atoms with van der Waals surface area (Å²) in [5, 5.41) is 0. The van der Waals surface area contributed by atoms with Crippen molar-refractivity contribution in [1.29, 1.82) is 0 Å². The van der Waals surface area contributed by atoms with Gasteiger partial charge in [0.1, 0.15) is 0 Å². The number of hydrogen-bond acceptors (Lipinski definition) is 5. The molecule has 1 aromatic carbocycles. The van der Waals surface area contributed by atoms with Crippen LogP contribution in [0.15, 0.2) is 23.1 Å². The normalized spacial score (nSPS) is 11.2. The molecular formula is C10H15N3O3S. The summed E-state index contributed by atoms with van der Waals surface area (Å²) in [5.41, 5.74) is 11.4. The van der Waals surface area contributed by atoms with Gasteiger partial charge < -0.3 is 16.4 Å². The number of nitrogens with two attached hydrogens (primary N) is 2. The highest BCUT2D eigenvalue weighted by atomic mass is 32.2. The molecule has 0 bridgehead atoms. The Morgan fingerprint density at radius 1 is 1.41 bits per heavy atom. The molecule has 94 valence electrons. The number of sulfone groups is 1. The number of likely N-dealkylation sites (N-methyl/N-ethyl adjacent to an activating group) is 1. The Morgan fingerprint density at radius 3 is 2.47 bits per heavy atom. The van der Waals surface area contributed by atoms with Crippen LogP contribution in [0.3, 0.4) is 0 Å². The number of benzene rings is 1. The summed E-state index contributed by atoms with van der Waals surface area (Å²) in [5.74, 6) is -0.517. The van der Waals surface area contributed by atoms with Crippen LogP contribution in [0.1, 0.15) is 0 Å². The molecule has 0 atom stereocenters. The van der Waals surface area contributed by atoms with Crippen molar-refractivity contribution in [3.8, 4) is 0 Å². The minimum Gasteiger partial charge on any atom is -0.396 e. The predicted molar refractivity (Wildman–Crippen MR) is 66.4 cm³/mol. The molecule has 0 saturated heterocycles. The van der Waals surface area contributed by atoms with Gasteiger partial charge in [-0.2, -0.15) is 0 Å². The van der Waals surface area contributed by atoms with Crippen LogP contribution >= 0.6 is 0 Å². The Kier molecular flexibility index (Phi) is 3.62. The van der Waals surface area contributed by atoms with Gasteiger partial charge >= 0.3 is 0 Å². The fraction of sp³-hybridized carbons (Fsp3) is 0.300. The first-order valence-electron chi connectivity index (χ1n) is 4.81. The van der Waals surface area contributed by atoms with Gasteiger partial charge in [-0.1, -0.05) is 6.07 Å². The standard InChI is InChI=1S/C10H15N3O3S/c1-13(6-9(11)14)7-4-3-5-8(10(7)12)17(2,15)16/h3-5H,6,12H2,1-2H3,(H2,11,14). The van der Waals surface area contributed by atoms with Gasteiger partial charge in [-0.05, 0) is 12.1 Å². The molecule has 0 radical (unpaired) electrons. The largest absolute Gasteiger partial charge is 0.396 e. The summed E-state index contributed by atoms with van der Waals surface area (Å²) < 4.78 is 22.9. The van der Waals surface area contributed by atoms with E-state index in [1.807, 2.05) is 0 Å². The number of hydrogen-bond donors (Lipinski definition) is 2. The molecule has 4 N–H and O–H groups in total. The van der Waals surface area contributed by atoms with Gasteiger partial charge in [-0.25, -0.2) is 8.42 Å². The SMILES string of the molecule is CN(CC(N)=O)c1cccc(S(C)(=O)=O)c1N. The van der Waals surface area contributed by atoms with Crippen LogP contribution in [0.4, 0.5) is 11.4 Å². The molecule has 17 heavy (non-hydrogen) atoms. The molecule has 1 aromatic rings. The third-order valence-corrected chi connectivity index (χ3v) is 3.40. The van der Waals surface area contributed by atoms with E-state index in [0.717, 1.165) is 6.26 Å². The lowest BCUT2D eigenvalue weighted by Crippen LogP contribution is -2.31. The van der Waals surface area contributed by atoms with E-state index >= 15 is 0 Å². The fourth-order valence-electron chi connectivity index (χ4n) is 1.51. The van der Waals surface area contributed by atoms with Crippen molar-refractivity contribution < 1.29 is 13.2 Å². The van der Waals surface area contributed by atoms with E-state index in [9.17, 15) is 13.2 Å². The van der Waals surface area contributed by atoms with Crippen molar-refractivity contribution in [3.05, 3.63) is 18.2 Å². The van der Waals surface area contributed by atoms with Crippen LogP contribution in [0, 0.1) is 0 Å². The minimum atomic E-state index is -3.39. The van der Waals surface area contributed by atoms with Gasteiger partial charge in [-0.3, -0.25) is 4.79 Å². The van der Waals surface area contributed by atoms with E-state index in [2.05, 4.69) is 0 Å². The van der Waals surface area contributed by atoms with Gasteiger partial charge in [0.2, 0.25) is 5.91 Å². The van der Waals surface area contributed by atoms with Gasteiger partial charge in [0.25, 0.3) is 0 Å². The van der Waals surface area contributed by atoms with Crippen LogP contribution in [0.5, 0.6) is 0 Å². The number of nitrogen functional groups attached to an aromatic ring is 1. The Hall–Kier alpha value is -1.76. The van der Waals surface area contributed by atoms with Gasteiger partial charge in [0.15, 0.2) is 9.84 Å². The molecule has 0 aromatic heterocycles. The maximum atomic E-state index is 11.5. The van der Waals surface area contributed by atoms with Crippen LogP contribution in [-0.4, -0.2) is 34.2 Å². The Morgan fingerprint density at radius 2 is 2.00 bits per heavy atom. The van der Waals surface area contributed by atoms with Crippen LogP contribution in [0.25, 0.3) is 0 Å². The third kappa shape index (κ3) is 3.10. The average Bonchev–Trinajstić information content (AvgIpc) is 2.14. The molecule has 0 saturated carbocycles. The fourth-order valence-corrected chi connectivity index (χ4v) is 2.34. The summed E-state index contributed by atoms with van der Waals surface area (Å²) in [7, 11) is -1.77. The van der Waals surface area contributed by atoms with Crippen molar-refractivity contribution in [3.63, 3.8) is 0 Å². The van der Waals surface area contributed by atoms with Crippen molar-refractivity contribution in [2.45, 2.75) is 4.90 Å². The van der Waals surface area contributed by atoms with E-state index < -0.39 is 15.7 Å². The number of para-hydroxylation sites is 1. The van der Waals surface area contributed by atoms with Crippen molar-refractivity contribution in [2.24, 2.45) is 5.73 Å². The van der Waals surface area contributed by atoms with Crippen LogP contribution < -0.4 is 16.4 Å². The lowest BCUT2D eigenvalue weighted by Gasteiger charge is -2.20. The van der Waals surface area contributed by atoms with E-state index in [-0.39, 0.29) is 17.1 Å². The molecule has 7 heteroatoms. The second-order valence-electron chi connectivity index (χ2n) is 3.78. The number of anilines is 2. The van der Waals surface area contributed by atoms with Crippen molar-refractivity contribution >= 4 is 27.1 Å². The number of primary amides is 1. The maximum Gasteiger partial charge on any atom is 0.236 e. The monoisotopic (exact) mass is 257 g/mol. The summed E-state index contributed by atoms with van der Waals surface area (Å²) in [6, 6.07) is 4.62. The molecule has 6 nitrogen and oxygen atoms in total. The van der Waals surface area contributed by atoms with Crippen molar-refractivity contribution in [2.75, 3.05) is 30.5 Å². The molecule has 0 fully saturated rings. The molecular weight excluding hydrogens is 242 g/mol. The lowest BCUT2D eigenvalue weighted by atomic mass is 10.2. The third-order valence-electron chi connectivity index (χ3n) is 2.25. The smallest absolute Gasteiger partial charge is 0.236 e. The highest BCUT2D eigenvalue weighted by Crippen LogP contribution is 2.28. The molecule has 1 rings (SSSR count). The Bertz CT molecular complexity index is 540. The second-order valence-corrected chi connectivity index (χ2v) is 5.77. The molecule has 0 aliphatic heterocycles. The quantitative estimate of drug-likeness (QED) is 0.713. The number of carbonyl (C=O) groups is 1.